The second-order valence-electron chi connectivity index (χ2n) is 6.30. The molecule has 3 rings (SSSR count). The number of imidazole rings is 1. The highest BCUT2D eigenvalue weighted by Crippen LogP contribution is 2.40. The van der Waals surface area contributed by atoms with E-state index in [1.807, 2.05) is 18.2 Å². The van der Waals surface area contributed by atoms with Gasteiger partial charge < -0.3 is 10.3 Å². The summed E-state index contributed by atoms with van der Waals surface area (Å²) in [5.74, 6) is 1.84. The molecule has 0 atom stereocenters. The molecule has 2 N–H and O–H groups in total. The first-order valence-electron chi connectivity index (χ1n) is 8.03. The third-order valence-corrected chi connectivity index (χ3v) is 5.36. The standard InChI is InChI=1S/C17H24ClN3/c1-3-12-8-10-17(19,11-9-12)16-20-14-7-5-6-13(18)15(14)21(16)4-2/h5-7,12H,3-4,8-11,19H2,1-2H3. The summed E-state index contributed by atoms with van der Waals surface area (Å²) in [6, 6.07) is 5.91. The third-order valence-electron chi connectivity index (χ3n) is 5.05. The molecule has 0 saturated heterocycles. The second-order valence-corrected chi connectivity index (χ2v) is 6.70. The lowest BCUT2D eigenvalue weighted by Crippen LogP contribution is -2.42. The van der Waals surface area contributed by atoms with Crippen molar-refractivity contribution < 1.29 is 0 Å². The minimum absolute atomic E-state index is 0.302. The van der Waals surface area contributed by atoms with E-state index >= 15 is 0 Å². The number of halogens is 1. The Hall–Kier alpha value is -1.06. The van der Waals surface area contributed by atoms with Crippen LogP contribution in [0, 0.1) is 5.92 Å². The van der Waals surface area contributed by atoms with Crippen LogP contribution >= 0.6 is 11.6 Å². The van der Waals surface area contributed by atoms with Crippen LogP contribution in [0.15, 0.2) is 18.2 Å². The van der Waals surface area contributed by atoms with Crippen LogP contribution in [0.1, 0.15) is 51.8 Å². The van der Waals surface area contributed by atoms with Gasteiger partial charge in [-0.1, -0.05) is 31.0 Å². The van der Waals surface area contributed by atoms with Crippen molar-refractivity contribution in [1.29, 1.82) is 0 Å². The van der Waals surface area contributed by atoms with Gasteiger partial charge in [0.05, 0.1) is 21.6 Å². The summed E-state index contributed by atoms with van der Waals surface area (Å²) < 4.78 is 2.21. The number of fused-ring (bicyclic) bond motifs is 1. The van der Waals surface area contributed by atoms with Crippen molar-refractivity contribution in [1.82, 2.24) is 9.55 Å². The van der Waals surface area contributed by atoms with Gasteiger partial charge in [-0.05, 0) is 50.7 Å². The summed E-state index contributed by atoms with van der Waals surface area (Å²) in [5.41, 5.74) is 8.45. The maximum atomic E-state index is 6.76. The molecule has 4 heteroatoms. The lowest BCUT2D eigenvalue weighted by molar-refractivity contribution is 0.218. The van der Waals surface area contributed by atoms with Crippen molar-refractivity contribution in [3.05, 3.63) is 29.0 Å². The molecule has 114 valence electrons. The Labute approximate surface area is 131 Å². The molecule has 1 fully saturated rings. The van der Waals surface area contributed by atoms with Crippen molar-refractivity contribution in [3.8, 4) is 0 Å². The van der Waals surface area contributed by atoms with E-state index in [0.717, 1.165) is 47.2 Å². The van der Waals surface area contributed by atoms with Crippen LogP contribution in [-0.4, -0.2) is 9.55 Å². The fourth-order valence-corrected chi connectivity index (χ4v) is 3.93. The minimum atomic E-state index is -0.302. The minimum Gasteiger partial charge on any atom is -0.325 e. The van der Waals surface area contributed by atoms with Crippen LogP contribution in [0.2, 0.25) is 5.02 Å². The van der Waals surface area contributed by atoms with Gasteiger partial charge in [0, 0.05) is 6.54 Å². The van der Waals surface area contributed by atoms with E-state index in [1.165, 1.54) is 19.3 Å². The third kappa shape index (κ3) is 2.47. The summed E-state index contributed by atoms with van der Waals surface area (Å²) in [6.45, 7) is 5.26. The molecular formula is C17H24ClN3. The first-order valence-corrected chi connectivity index (χ1v) is 8.41. The maximum Gasteiger partial charge on any atom is 0.130 e. The topological polar surface area (TPSA) is 43.8 Å². The van der Waals surface area contributed by atoms with Gasteiger partial charge in [0.2, 0.25) is 0 Å². The molecule has 0 aliphatic heterocycles. The van der Waals surface area contributed by atoms with Gasteiger partial charge in [-0.2, -0.15) is 0 Å². The summed E-state index contributed by atoms with van der Waals surface area (Å²) in [5, 5.41) is 0.763. The predicted molar refractivity (Wildman–Crippen MR) is 88.5 cm³/mol. The Balaban J connectivity index is 2.06. The molecule has 1 aliphatic rings. The van der Waals surface area contributed by atoms with E-state index < -0.39 is 0 Å². The lowest BCUT2D eigenvalue weighted by Gasteiger charge is -2.36. The molecule has 0 radical (unpaired) electrons. The van der Waals surface area contributed by atoms with Crippen LogP contribution in [0.5, 0.6) is 0 Å². The average Bonchev–Trinajstić information content (AvgIpc) is 2.89. The zero-order valence-electron chi connectivity index (χ0n) is 12.9. The smallest absolute Gasteiger partial charge is 0.130 e. The number of hydrogen-bond donors (Lipinski definition) is 1. The van der Waals surface area contributed by atoms with Crippen molar-refractivity contribution in [2.45, 2.75) is 58.0 Å². The maximum absolute atomic E-state index is 6.76. The van der Waals surface area contributed by atoms with E-state index in [0.29, 0.717) is 0 Å². The first-order chi connectivity index (χ1) is 10.1. The molecule has 2 aromatic rings. The van der Waals surface area contributed by atoms with Crippen LogP contribution in [0.4, 0.5) is 0 Å². The molecular weight excluding hydrogens is 282 g/mol. The SMILES string of the molecule is CCC1CCC(N)(c2nc3cccc(Cl)c3n2CC)CC1. The summed E-state index contributed by atoms with van der Waals surface area (Å²) >= 11 is 6.38. The number of nitrogens with zero attached hydrogens (tertiary/aromatic N) is 2. The monoisotopic (exact) mass is 305 g/mol. The number of aromatic nitrogens is 2. The number of aryl methyl sites for hydroxylation is 1. The Bertz CT molecular complexity index is 639. The van der Waals surface area contributed by atoms with E-state index in [1.54, 1.807) is 0 Å². The molecule has 0 amide bonds. The largest absolute Gasteiger partial charge is 0.325 e. The van der Waals surface area contributed by atoms with Crippen LogP contribution in [-0.2, 0) is 12.1 Å². The zero-order chi connectivity index (χ0) is 15.0. The van der Waals surface area contributed by atoms with Crippen molar-refractivity contribution in [3.63, 3.8) is 0 Å². The molecule has 1 saturated carbocycles. The number of hydrogen-bond acceptors (Lipinski definition) is 2. The van der Waals surface area contributed by atoms with Gasteiger partial charge in [-0.15, -0.1) is 0 Å². The van der Waals surface area contributed by atoms with Crippen LogP contribution < -0.4 is 5.73 Å². The molecule has 0 unspecified atom stereocenters. The highest BCUT2D eigenvalue weighted by molar-refractivity contribution is 6.35. The molecule has 1 aliphatic carbocycles. The molecule has 1 heterocycles. The predicted octanol–water partition coefficient (Wildman–Crippen LogP) is 4.46. The van der Waals surface area contributed by atoms with Gasteiger partial charge in [0.25, 0.3) is 0 Å². The van der Waals surface area contributed by atoms with Gasteiger partial charge in [0.15, 0.2) is 0 Å². The summed E-state index contributed by atoms with van der Waals surface area (Å²) in [7, 11) is 0. The summed E-state index contributed by atoms with van der Waals surface area (Å²) in [4.78, 5) is 4.84. The van der Waals surface area contributed by atoms with E-state index in [9.17, 15) is 0 Å². The molecule has 1 aromatic carbocycles. The average molecular weight is 306 g/mol. The molecule has 0 bridgehead atoms. The van der Waals surface area contributed by atoms with Crippen LogP contribution in [0.3, 0.4) is 0 Å². The molecule has 21 heavy (non-hydrogen) atoms. The Morgan fingerprint density at radius 1 is 1.33 bits per heavy atom. The Morgan fingerprint density at radius 3 is 2.67 bits per heavy atom. The van der Waals surface area contributed by atoms with E-state index in [4.69, 9.17) is 22.3 Å². The van der Waals surface area contributed by atoms with E-state index in [-0.39, 0.29) is 5.54 Å². The lowest BCUT2D eigenvalue weighted by atomic mass is 9.75. The number of para-hydroxylation sites is 1. The summed E-state index contributed by atoms with van der Waals surface area (Å²) in [6.07, 6.45) is 5.70. The fourth-order valence-electron chi connectivity index (χ4n) is 3.65. The highest BCUT2D eigenvalue weighted by Gasteiger charge is 2.37. The number of benzene rings is 1. The number of rotatable bonds is 3. The Kier molecular flexibility index (Phi) is 3.98. The van der Waals surface area contributed by atoms with Crippen LogP contribution in [0.25, 0.3) is 11.0 Å². The van der Waals surface area contributed by atoms with Gasteiger partial charge in [-0.3, -0.25) is 0 Å². The van der Waals surface area contributed by atoms with Gasteiger partial charge >= 0.3 is 0 Å². The fraction of sp³-hybridized carbons (Fsp3) is 0.588. The van der Waals surface area contributed by atoms with Gasteiger partial charge in [0.1, 0.15) is 5.82 Å². The van der Waals surface area contributed by atoms with Crippen molar-refractivity contribution in [2.75, 3.05) is 0 Å². The molecule has 0 spiro atoms. The quantitative estimate of drug-likeness (QED) is 0.909. The van der Waals surface area contributed by atoms with Crippen molar-refractivity contribution in [2.24, 2.45) is 11.7 Å². The Morgan fingerprint density at radius 2 is 2.05 bits per heavy atom. The van der Waals surface area contributed by atoms with Crippen molar-refractivity contribution >= 4 is 22.6 Å². The first kappa shape index (κ1) is 14.9. The van der Waals surface area contributed by atoms with E-state index in [2.05, 4.69) is 18.4 Å². The highest BCUT2D eigenvalue weighted by atomic mass is 35.5. The number of nitrogens with two attached hydrogens (primary N) is 1. The normalized spacial score (nSPS) is 26.4. The van der Waals surface area contributed by atoms with Gasteiger partial charge in [-0.25, -0.2) is 4.98 Å². The zero-order valence-corrected chi connectivity index (χ0v) is 13.7. The molecule has 3 nitrogen and oxygen atoms in total. The second kappa shape index (κ2) is 5.62. The molecule has 1 aromatic heterocycles.